The maximum atomic E-state index is 11.8. The Balaban J connectivity index is 2.60. The van der Waals surface area contributed by atoms with Crippen molar-refractivity contribution in [3.63, 3.8) is 0 Å². The van der Waals surface area contributed by atoms with Gasteiger partial charge in [-0.1, -0.05) is 6.08 Å². The van der Waals surface area contributed by atoms with Gasteiger partial charge in [0.1, 0.15) is 0 Å². The Morgan fingerprint density at radius 1 is 1.53 bits per heavy atom. The number of hydrogen-bond acceptors (Lipinski definition) is 2. The molecule has 0 atom stereocenters. The number of aromatic nitrogens is 1. The second-order valence-corrected chi connectivity index (χ2v) is 3.98. The van der Waals surface area contributed by atoms with E-state index in [4.69, 9.17) is 0 Å². The van der Waals surface area contributed by atoms with Gasteiger partial charge >= 0.3 is 7.05 Å². The van der Waals surface area contributed by atoms with Crippen molar-refractivity contribution in [3.8, 4) is 0 Å². The summed E-state index contributed by atoms with van der Waals surface area (Å²) >= 11 is 0. The van der Waals surface area contributed by atoms with Crippen molar-refractivity contribution in [2.24, 2.45) is 0 Å². The fourth-order valence-corrected chi connectivity index (χ4v) is 2.13. The molecule has 0 saturated carbocycles. The number of carbonyl (C=O) groups excluding carboxylic acids is 1. The fourth-order valence-electron chi connectivity index (χ4n) is 2.13. The van der Waals surface area contributed by atoms with Crippen molar-refractivity contribution < 1.29 is 9.82 Å². The maximum absolute atomic E-state index is 11.8. The minimum absolute atomic E-state index is 0.0550. The topological polar surface area (TPSA) is 42.2 Å². The number of carbonyl (C=O) groups is 1. The van der Waals surface area contributed by atoms with Crippen molar-refractivity contribution in [3.05, 3.63) is 35.2 Å². The molecule has 1 aliphatic rings. The first-order chi connectivity index (χ1) is 7.11. The Morgan fingerprint density at radius 2 is 2.27 bits per heavy atom. The van der Waals surface area contributed by atoms with Crippen molar-refractivity contribution in [1.82, 2.24) is 4.48 Å². The van der Waals surface area contributed by atoms with Gasteiger partial charge in [-0.3, -0.25) is 4.79 Å². The molecule has 0 fully saturated rings. The predicted octanol–water partition coefficient (Wildman–Crippen LogP) is 1.44. The van der Waals surface area contributed by atoms with Crippen LogP contribution in [-0.4, -0.2) is 22.3 Å². The van der Waals surface area contributed by atoms with E-state index in [2.05, 4.69) is 0 Å². The molecule has 0 bridgehead atoms. The molecule has 2 rings (SSSR count). The number of ketones is 1. The van der Waals surface area contributed by atoms with Crippen LogP contribution in [-0.2, 0) is 6.42 Å². The van der Waals surface area contributed by atoms with Gasteiger partial charge in [0.25, 0.3) is 0 Å². The van der Waals surface area contributed by atoms with E-state index >= 15 is 0 Å². The molecule has 15 heavy (non-hydrogen) atoms. The summed E-state index contributed by atoms with van der Waals surface area (Å²) in [6.07, 6.45) is 7.05. The number of aryl methyl sites for hydroxylation is 1. The molecule has 0 unspecified atom stereocenters. The van der Waals surface area contributed by atoms with Crippen molar-refractivity contribution in [2.75, 3.05) is 0 Å². The van der Waals surface area contributed by atoms with E-state index in [-0.39, 0.29) is 5.78 Å². The maximum Gasteiger partial charge on any atom is 0.413 e. The van der Waals surface area contributed by atoms with E-state index in [0.29, 0.717) is 0 Å². The third-order valence-electron chi connectivity index (χ3n) is 2.79. The molecule has 1 aliphatic carbocycles. The van der Waals surface area contributed by atoms with Gasteiger partial charge in [0.2, 0.25) is 0 Å². The highest BCUT2D eigenvalue weighted by Crippen LogP contribution is 2.22. The molecule has 0 amide bonds. The molecule has 4 heteroatoms. The van der Waals surface area contributed by atoms with Gasteiger partial charge < -0.3 is 9.50 Å². The van der Waals surface area contributed by atoms with E-state index in [1.54, 1.807) is 17.4 Å². The molecule has 0 aromatic carbocycles. The van der Waals surface area contributed by atoms with E-state index in [1.165, 1.54) is 0 Å². The summed E-state index contributed by atoms with van der Waals surface area (Å²) in [6, 6.07) is 0. The first kappa shape index (κ1) is 10.2. The zero-order chi connectivity index (χ0) is 11.0. The minimum atomic E-state index is -0.571. The lowest BCUT2D eigenvalue weighted by Crippen LogP contribution is -2.21. The first-order valence-corrected chi connectivity index (χ1v) is 5.20. The van der Waals surface area contributed by atoms with Gasteiger partial charge in [0, 0.05) is 11.3 Å². The third-order valence-corrected chi connectivity index (χ3v) is 2.79. The van der Waals surface area contributed by atoms with Crippen LogP contribution in [0.25, 0.3) is 0 Å². The van der Waals surface area contributed by atoms with Crippen LogP contribution in [0.4, 0.5) is 0 Å². The lowest BCUT2D eigenvalue weighted by atomic mass is 9.87. The van der Waals surface area contributed by atoms with Crippen LogP contribution in [0.15, 0.2) is 18.3 Å². The first-order valence-electron chi connectivity index (χ1n) is 5.20. The Morgan fingerprint density at radius 3 is 2.93 bits per heavy atom. The smallest absolute Gasteiger partial charge is 0.413 e. The highest BCUT2D eigenvalue weighted by Gasteiger charge is 2.22. The van der Waals surface area contributed by atoms with Crippen LogP contribution >= 0.6 is 0 Å². The number of fused-ring (bicyclic) bond motifs is 1. The molecule has 1 aromatic heterocycles. The quantitative estimate of drug-likeness (QED) is 0.701. The molecule has 1 heterocycles. The highest BCUT2D eigenvalue weighted by molar-refractivity contribution is 6.47. The normalized spacial score (nSPS) is 15.0. The molecular formula is C11H14BNO2. The summed E-state index contributed by atoms with van der Waals surface area (Å²) in [6.45, 7) is 3.62. The Hall–Kier alpha value is -1.29. The van der Waals surface area contributed by atoms with Gasteiger partial charge in [-0.15, -0.1) is 0 Å². The van der Waals surface area contributed by atoms with Crippen LogP contribution in [0, 0.1) is 6.92 Å². The molecule has 3 nitrogen and oxygen atoms in total. The van der Waals surface area contributed by atoms with E-state index in [1.807, 2.05) is 19.2 Å². The van der Waals surface area contributed by atoms with Gasteiger partial charge in [-0.2, -0.15) is 0 Å². The van der Waals surface area contributed by atoms with Gasteiger partial charge in [-0.25, -0.2) is 0 Å². The van der Waals surface area contributed by atoms with Crippen molar-refractivity contribution in [2.45, 2.75) is 26.6 Å². The zero-order valence-corrected chi connectivity index (χ0v) is 9.03. The molecule has 78 valence electrons. The summed E-state index contributed by atoms with van der Waals surface area (Å²) in [4.78, 5) is 11.8. The third kappa shape index (κ3) is 1.65. The second kappa shape index (κ2) is 3.70. The van der Waals surface area contributed by atoms with Crippen LogP contribution in [0.5, 0.6) is 0 Å². The Kier molecular flexibility index (Phi) is 2.53. The van der Waals surface area contributed by atoms with Gasteiger partial charge in [0.05, 0.1) is 0 Å². The second-order valence-electron chi connectivity index (χ2n) is 3.98. The van der Waals surface area contributed by atoms with Crippen LogP contribution < -0.4 is 0 Å². The Labute approximate surface area is 89.5 Å². The SMILES string of the molecule is CB(O)n1cc(C)c2c1CCC=CC2=O. The average molecular weight is 203 g/mol. The molecule has 0 spiro atoms. The van der Waals surface area contributed by atoms with Crippen molar-refractivity contribution >= 4 is 12.8 Å². The van der Waals surface area contributed by atoms with E-state index in [9.17, 15) is 9.82 Å². The molecule has 0 aliphatic heterocycles. The Bertz CT molecular complexity index is 432. The standard InChI is InChI=1S/C11H14BNO2/c1-8-7-13(12(2)15)9-5-3-4-6-10(14)11(8)9/h4,6-7,15H,3,5H2,1-2H3. The minimum Gasteiger partial charge on any atom is -0.432 e. The summed E-state index contributed by atoms with van der Waals surface area (Å²) < 4.78 is 1.79. The van der Waals surface area contributed by atoms with Crippen LogP contribution in [0.2, 0.25) is 6.82 Å². The fraction of sp³-hybridized carbons (Fsp3) is 0.364. The monoisotopic (exact) mass is 203 g/mol. The van der Waals surface area contributed by atoms with E-state index < -0.39 is 7.05 Å². The molecular weight excluding hydrogens is 189 g/mol. The molecule has 0 saturated heterocycles. The number of rotatable bonds is 1. The predicted molar refractivity (Wildman–Crippen MR) is 60.2 cm³/mol. The van der Waals surface area contributed by atoms with Gasteiger partial charge in [-0.05, 0) is 44.4 Å². The number of allylic oxidation sites excluding steroid dienone is 2. The summed E-state index contributed by atoms with van der Waals surface area (Å²) in [5, 5.41) is 9.60. The molecule has 1 N–H and O–H groups in total. The highest BCUT2D eigenvalue weighted by atomic mass is 16.2. The van der Waals surface area contributed by atoms with Gasteiger partial charge in [0.15, 0.2) is 5.78 Å². The lowest BCUT2D eigenvalue weighted by molar-refractivity contribution is 0.104. The number of hydrogen-bond donors (Lipinski definition) is 1. The van der Waals surface area contributed by atoms with E-state index in [0.717, 1.165) is 29.7 Å². The summed E-state index contributed by atoms with van der Waals surface area (Å²) in [7, 11) is -0.571. The molecule has 0 radical (unpaired) electrons. The largest absolute Gasteiger partial charge is 0.432 e. The zero-order valence-electron chi connectivity index (χ0n) is 9.03. The summed E-state index contributed by atoms with van der Waals surface area (Å²) in [5.41, 5.74) is 2.67. The van der Waals surface area contributed by atoms with Crippen LogP contribution in [0.1, 0.15) is 28.0 Å². The lowest BCUT2D eigenvalue weighted by Gasteiger charge is -2.08. The van der Waals surface area contributed by atoms with Crippen molar-refractivity contribution in [1.29, 1.82) is 0 Å². The number of nitrogens with zero attached hydrogens (tertiary/aromatic N) is 1. The van der Waals surface area contributed by atoms with Crippen LogP contribution in [0.3, 0.4) is 0 Å². The molecule has 1 aromatic rings. The average Bonchev–Trinajstić information content (AvgIpc) is 2.37. The summed E-state index contributed by atoms with van der Waals surface area (Å²) in [5.74, 6) is 0.0550.